The number of hydrogen-bond donors (Lipinski definition) is 1. The van der Waals surface area contributed by atoms with E-state index in [9.17, 15) is 0 Å². The molecule has 0 radical (unpaired) electrons. The largest absolute Gasteiger partial charge is 0.311 e. The number of rotatable bonds is 4. The van der Waals surface area contributed by atoms with Gasteiger partial charge < -0.3 is 5.32 Å². The molecule has 4 atom stereocenters. The van der Waals surface area contributed by atoms with Gasteiger partial charge in [0.05, 0.1) is 0 Å². The molecule has 1 heterocycles. The Bertz CT molecular complexity index is 430. The van der Waals surface area contributed by atoms with Crippen LogP contribution < -0.4 is 5.32 Å². The third kappa shape index (κ3) is 3.67. The van der Waals surface area contributed by atoms with E-state index in [0.717, 1.165) is 18.4 Å². The van der Waals surface area contributed by atoms with Crippen LogP contribution in [0.25, 0.3) is 0 Å². The lowest BCUT2D eigenvalue weighted by molar-refractivity contribution is 0.108. The molecule has 1 aromatic rings. The number of piperazine rings is 1. The van der Waals surface area contributed by atoms with Crippen molar-refractivity contribution < 1.29 is 0 Å². The molecule has 116 valence electrons. The minimum Gasteiger partial charge on any atom is -0.311 e. The highest BCUT2D eigenvalue weighted by Gasteiger charge is 2.31. The number of nitrogens with one attached hydrogen (secondary N) is 1. The smallest absolute Gasteiger partial charge is 0.0473 e. The molecule has 1 saturated carbocycles. The van der Waals surface area contributed by atoms with Crippen molar-refractivity contribution in [3.8, 4) is 0 Å². The lowest BCUT2D eigenvalue weighted by atomic mass is 9.97. The maximum absolute atomic E-state index is 3.74. The van der Waals surface area contributed by atoms with Gasteiger partial charge in [0.25, 0.3) is 0 Å². The standard InChI is InChI=1S/C19H30N2/c1-3-18-14-21(13-16-10-9-15(2)11-16)19(12-20-18)17-7-5-4-6-8-17/h4-8,15-16,18-20H,3,9-14H2,1-2H3. The van der Waals surface area contributed by atoms with Crippen LogP contribution in [0.2, 0.25) is 0 Å². The Balaban J connectivity index is 1.71. The van der Waals surface area contributed by atoms with Gasteiger partial charge in [0.2, 0.25) is 0 Å². The van der Waals surface area contributed by atoms with Crippen LogP contribution in [-0.2, 0) is 0 Å². The van der Waals surface area contributed by atoms with Crippen LogP contribution in [0.3, 0.4) is 0 Å². The molecule has 21 heavy (non-hydrogen) atoms. The third-order valence-electron chi connectivity index (χ3n) is 5.47. The summed E-state index contributed by atoms with van der Waals surface area (Å²) in [6, 6.07) is 12.3. The molecule has 0 bridgehead atoms. The van der Waals surface area contributed by atoms with E-state index in [1.165, 1.54) is 44.3 Å². The van der Waals surface area contributed by atoms with Gasteiger partial charge in [-0.2, -0.15) is 0 Å². The summed E-state index contributed by atoms with van der Waals surface area (Å²) < 4.78 is 0. The molecular weight excluding hydrogens is 256 g/mol. The summed E-state index contributed by atoms with van der Waals surface area (Å²) in [5, 5.41) is 3.74. The van der Waals surface area contributed by atoms with E-state index in [-0.39, 0.29) is 0 Å². The van der Waals surface area contributed by atoms with Crippen LogP contribution in [-0.4, -0.2) is 30.6 Å². The van der Waals surface area contributed by atoms with Crippen LogP contribution in [0.1, 0.15) is 51.1 Å². The zero-order valence-electron chi connectivity index (χ0n) is 13.6. The van der Waals surface area contributed by atoms with Crippen molar-refractivity contribution >= 4 is 0 Å². The van der Waals surface area contributed by atoms with Crippen LogP contribution in [0.5, 0.6) is 0 Å². The minimum atomic E-state index is 0.560. The zero-order chi connectivity index (χ0) is 14.7. The van der Waals surface area contributed by atoms with E-state index in [2.05, 4.69) is 54.4 Å². The highest BCUT2D eigenvalue weighted by molar-refractivity contribution is 5.20. The second-order valence-corrected chi connectivity index (χ2v) is 7.18. The predicted octanol–water partition coefficient (Wildman–Crippen LogP) is 3.85. The van der Waals surface area contributed by atoms with Gasteiger partial charge in [0.15, 0.2) is 0 Å². The minimum absolute atomic E-state index is 0.560. The van der Waals surface area contributed by atoms with Gasteiger partial charge >= 0.3 is 0 Å². The molecule has 1 saturated heterocycles. The number of hydrogen-bond acceptors (Lipinski definition) is 2. The quantitative estimate of drug-likeness (QED) is 0.904. The average molecular weight is 286 g/mol. The van der Waals surface area contributed by atoms with Crippen molar-refractivity contribution in [2.24, 2.45) is 11.8 Å². The normalized spacial score (nSPS) is 34.2. The van der Waals surface area contributed by atoms with Gasteiger partial charge in [-0.15, -0.1) is 0 Å². The Morgan fingerprint density at radius 1 is 1.19 bits per heavy atom. The van der Waals surface area contributed by atoms with Gasteiger partial charge in [-0.1, -0.05) is 50.6 Å². The lowest BCUT2D eigenvalue weighted by Gasteiger charge is -2.41. The van der Waals surface area contributed by atoms with Crippen LogP contribution in [0.4, 0.5) is 0 Å². The fourth-order valence-corrected chi connectivity index (χ4v) is 4.18. The van der Waals surface area contributed by atoms with Gasteiger partial charge in [-0.05, 0) is 36.7 Å². The van der Waals surface area contributed by atoms with E-state index in [1.54, 1.807) is 0 Å². The molecule has 2 aliphatic rings. The molecule has 2 heteroatoms. The molecule has 0 aromatic heterocycles. The topological polar surface area (TPSA) is 15.3 Å². The fourth-order valence-electron chi connectivity index (χ4n) is 4.18. The third-order valence-corrected chi connectivity index (χ3v) is 5.47. The molecule has 4 unspecified atom stereocenters. The van der Waals surface area contributed by atoms with Crippen molar-refractivity contribution in [3.63, 3.8) is 0 Å². The second kappa shape index (κ2) is 6.93. The monoisotopic (exact) mass is 286 g/mol. The summed E-state index contributed by atoms with van der Waals surface area (Å²) in [5.74, 6) is 1.86. The van der Waals surface area contributed by atoms with Crippen LogP contribution >= 0.6 is 0 Å². The first kappa shape index (κ1) is 15.1. The van der Waals surface area contributed by atoms with Crippen molar-refractivity contribution in [2.75, 3.05) is 19.6 Å². The van der Waals surface area contributed by atoms with Crippen molar-refractivity contribution in [3.05, 3.63) is 35.9 Å². The summed E-state index contributed by atoms with van der Waals surface area (Å²) in [6.07, 6.45) is 5.54. The maximum Gasteiger partial charge on any atom is 0.0473 e. The zero-order valence-corrected chi connectivity index (χ0v) is 13.6. The van der Waals surface area contributed by atoms with Crippen molar-refractivity contribution in [1.82, 2.24) is 10.2 Å². The molecule has 2 fully saturated rings. The Kier molecular flexibility index (Phi) is 4.97. The first-order valence-electron chi connectivity index (χ1n) is 8.78. The molecule has 2 nitrogen and oxygen atoms in total. The molecule has 1 aliphatic carbocycles. The van der Waals surface area contributed by atoms with Crippen molar-refractivity contribution in [1.29, 1.82) is 0 Å². The van der Waals surface area contributed by atoms with E-state index >= 15 is 0 Å². The molecule has 1 N–H and O–H groups in total. The van der Waals surface area contributed by atoms with Gasteiger partial charge in [-0.25, -0.2) is 0 Å². The van der Waals surface area contributed by atoms with E-state index in [4.69, 9.17) is 0 Å². The lowest BCUT2D eigenvalue weighted by Crippen LogP contribution is -2.53. The fraction of sp³-hybridized carbons (Fsp3) is 0.684. The van der Waals surface area contributed by atoms with Crippen LogP contribution in [0.15, 0.2) is 30.3 Å². The maximum atomic E-state index is 3.74. The van der Waals surface area contributed by atoms with Crippen LogP contribution in [0, 0.1) is 11.8 Å². The second-order valence-electron chi connectivity index (χ2n) is 7.18. The predicted molar refractivity (Wildman–Crippen MR) is 89.3 cm³/mol. The summed E-state index contributed by atoms with van der Waals surface area (Å²) in [7, 11) is 0. The molecular formula is C19H30N2. The molecule has 0 spiro atoms. The SMILES string of the molecule is CCC1CN(CC2CCC(C)C2)C(c2ccccc2)CN1. The van der Waals surface area contributed by atoms with E-state index < -0.39 is 0 Å². The number of nitrogens with zero attached hydrogens (tertiary/aromatic N) is 1. The van der Waals surface area contributed by atoms with Gasteiger partial charge in [0, 0.05) is 31.7 Å². The first-order valence-corrected chi connectivity index (χ1v) is 8.78. The van der Waals surface area contributed by atoms with E-state index in [0.29, 0.717) is 12.1 Å². The van der Waals surface area contributed by atoms with Gasteiger partial charge in [0.1, 0.15) is 0 Å². The first-order chi connectivity index (χ1) is 10.3. The Labute approximate surface area is 129 Å². The molecule has 1 aliphatic heterocycles. The summed E-state index contributed by atoms with van der Waals surface area (Å²) in [4.78, 5) is 2.77. The van der Waals surface area contributed by atoms with E-state index in [1.807, 2.05) is 0 Å². The molecule has 1 aromatic carbocycles. The Morgan fingerprint density at radius 3 is 2.67 bits per heavy atom. The average Bonchev–Trinajstić information content (AvgIpc) is 2.93. The molecule has 3 rings (SSSR count). The number of benzene rings is 1. The highest BCUT2D eigenvalue weighted by Crippen LogP contribution is 2.33. The van der Waals surface area contributed by atoms with Crippen molar-refractivity contribution in [2.45, 2.75) is 51.6 Å². The van der Waals surface area contributed by atoms with Gasteiger partial charge in [-0.3, -0.25) is 4.90 Å². The molecule has 0 amide bonds. The Morgan fingerprint density at radius 2 is 2.00 bits per heavy atom. The Hall–Kier alpha value is -0.860. The summed E-state index contributed by atoms with van der Waals surface area (Å²) >= 11 is 0. The summed E-state index contributed by atoms with van der Waals surface area (Å²) in [6.45, 7) is 8.32. The highest BCUT2D eigenvalue weighted by atomic mass is 15.2. The summed E-state index contributed by atoms with van der Waals surface area (Å²) in [5.41, 5.74) is 1.48.